The average molecular weight is 252 g/mol. The first-order chi connectivity index (χ1) is 9.31. The molecule has 96 valence electrons. The van der Waals surface area contributed by atoms with E-state index in [0.29, 0.717) is 6.54 Å². The molecule has 0 bridgehead atoms. The molecule has 0 unspecified atom stereocenters. The second kappa shape index (κ2) is 6.46. The van der Waals surface area contributed by atoms with Crippen LogP contribution in [0.3, 0.4) is 0 Å². The average Bonchev–Trinajstić information content (AvgIpc) is 2.45. The summed E-state index contributed by atoms with van der Waals surface area (Å²) in [6, 6.07) is 17.9. The van der Waals surface area contributed by atoms with E-state index < -0.39 is 0 Å². The maximum absolute atomic E-state index is 8.57. The predicted octanol–water partition coefficient (Wildman–Crippen LogP) is 3.51. The highest BCUT2D eigenvalue weighted by Gasteiger charge is 2.03. The van der Waals surface area contributed by atoms with Gasteiger partial charge in [-0.15, -0.1) is 0 Å². The number of hydrogen-bond acceptors (Lipinski definition) is 3. The van der Waals surface area contributed by atoms with Crippen LogP contribution in [0.5, 0.6) is 5.75 Å². The Labute approximate surface area is 113 Å². The van der Waals surface area contributed by atoms with Gasteiger partial charge in [-0.05, 0) is 24.6 Å². The predicted molar refractivity (Wildman–Crippen MR) is 76.1 cm³/mol. The largest absolute Gasteiger partial charge is 0.478 e. The first kappa shape index (κ1) is 13.0. The van der Waals surface area contributed by atoms with Crippen LogP contribution < -0.4 is 10.1 Å². The summed E-state index contributed by atoms with van der Waals surface area (Å²) in [5, 5.41) is 12.0. The SMILES string of the molecule is Cc1ccccc1NCc1ccccc1OCC#N. The summed E-state index contributed by atoms with van der Waals surface area (Å²) in [5.74, 6) is 0.755. The van der Waals surface area contributed by atoms with E-state index in [-0.39, 0.29) is 6.61 Å². The Balaban J connectivity index is 2.07. The number of ether oxygens (including phenoxy) is 1. The third-order valence-corrected chi connectivity index (χ3v) is 2.88. The fraction of sp³-hybridized carbons (Fsp3) is 0.188. The number of para-hydroxylation sites is 2. The van der Waals surface area contributed by atoms with Crippen molar-refractivity contribution < 1.29 is 4.74 Å². The molecule has 1 N–H and O–H groups in total. The van der Waals surface area contributed by atoms with Gasteiger partial charge in [0.05, 0.1) is 0 Å². The molecule has 0 heterocycles. The lowest BCUT2D eigenvalue weighted by Crippen LogP contribution is -2.04. The highest BCUT2D eigenvalue weighted by Crippen LogP contribution is 2.20. The second-order valence-corrected chi connectivity index (χ2v) is 4.22. The van der Waals surface area contributed by atoms with Crippen LogP contribution in [-0.4, -0.2) is 6.61 Å². The first-order valence-corrected chi connectivity index (χ1v) is 6.18. The lowest BCUT2D eigenvalue weighted by atomic mass is 10.1. The van der Waals surface area contributed by atoms with Crippen LogP contribution in [0.4, 0.5) is 5.69 Å². The van der Waals surface area contributed by atoms with Gasteiger partial charge in [0.1, 0.15) is 11.8 Å². The normalized spacial score (nSPS) is 9.68. The monoisotopic (exact) mass is 252 g/mol. The van der Waals surface area contributed by atoms with E-state index in [4.69, 9.17) is 10.00 Å². The minimum atomic E-state index is 0.0708. The van der Waals surface area contributed by atoms with Crippen molar-refractivity contribution in [2.24, 2.45) is 0 Å². The van der Waals surface area contributed by atoms with Crippen LogP contribution >= 0.6 is 0 Å². The minimum Gasteiger partial charge on any atom is -0.478 e. The summed E-state index contributed by atoms with van der Waals surface area (Å²) in [5.41, 5.74) is 3.36. The molecular weight excluding hydrogens is 236 g/mol. The van der Waals surface area contributed by atoms with Crippen molar-refractivity contribution in [1.29, 1.82) is 5.26 Å². The van der Waals surface area contributed by atoms with Crippen LogP contribution in [0.15, 0.2) is 48.5 Å². The molecule has 0 fully saturated rings. The Morgan fingerprint density at radius 2 is 1.84 bits per heavy atom. The van der Waals surface area contributed by atoms with Crippen molar-refractivity contribution in [3.63, 3.8) is 0 Å². The molecule has 19 heavy (non-hydrogen) atoms. The molecule has 0 aliphatic heterocycles. The number of anilines is 1. The maximum Gasteiger partial charge on any atom is 0.174 e. The van der Waals surface area contributed by atoms with Crippen LogP contribution in [0.25, 0.3) is 0 Å². The molecule has 0 saturated carbocycles. The Morgan fingerprint density at radius 3 is 2.63 bits per heavy atom. The zero-order valence-electron chi connectivity index (χ0n) is 10.9. The smallest absolute Gasteiger partial charge is 0.174 e. The number of nitriles is 1. The Morgan fingerprint density at radius 1 is 1.11 bits per heavy atom. The highest BCUT2D eigenvalue weighted by molar-refractivity contribution is 5.51. The van der Waals surface area contributed by atoms with Gasteiger partial charge >= 0.3 is 0 Å². The van der Waals surface area contributed by atoms with Crippen LogP contribution in [-0.2, 0) is 6.54 Å². The van der Waals surface area contributed by atoms with Gasteiger partial charge < -0.3 is 10.1 Å². The zero-order valence-corrected chi connectivity index (χ0v) is 10.9. The summed E-state index contributed by atoms with van der Waals surface area (Å²) in [6.45, 7) is 2.81. The highest BCUT2D eigenvalue weighted by atomic mass is 16.5. The number of benzene rings is 2. The maximum atomic E-state index is 8.57. The van der Waals surface area contributed by atoms with E-state index in [2.05, 4.69) is 18.3 Å². The van der Waals surface area contributed by atoms with Crippen LogP contribution in [0.2, 0.25) is 0 Å². The fourth-order valence-electron chi connectivity index (χ4n) is 1.86. The van der Waals surface area contributed by atoms with E-state index in [1.165, 1.54) is 5.56 Å². The van der Waals surface area contributed by atoms with E-state index in [9.17, 15) is 0 Å². The number of nitrogens with one attached hydrogen (secondary N) is 1. The van der Waals surface area contributed by atoms with E-state index in [1.54, 1.807) is 0 Å². The van der Waals surface area contributed by atoms with Crippen molar-refractivity contribution in [2.45, 2.75) is 13.5 Å². The number of hydrogen-bond donors (Lipinski definition) is 1. The molecule has 0 saturated heterocycles. The number of aryl methyl sites for hydroxylation is 1. The first-order valence-electron chi connectivity index (χ1n) is 6.18. The van der Waals surface area contributed by atoms with Crippen molar-refractivity contribution in [3.8, 4) is 11.8 Å². The van der Waals surface area contributed by atoms with E-state index >= 15 is 0 Å². The Kier molecular flexibility index (Phi) is 4.41. The molecule has 0 spiro atoms. The van der Waals surface area contributed by atoms with Crippen molar-refractivity contribution in [2.75, 3.05) is 11.9 Å². The number of rotatable bonds is 5. The zero-order chi connectivity index (χ0) is 13.5. The van der Waals surface area contributed by atoms with Gasteiger partial charge in [-0.1, -0.05) is 36.4 Å². The minimum absolute atomic E-state index is 0.0708. The molecule has 2 aromatic carbocycles. The topological polar surface area (TPSA) is 45.0 Å². The quantitative estimate of drug-likeness (QED) is 0.885. The summed E-state index contributed by atoms with van der Waals surface area (Å²) >= 11 is 0. The molecule has 3 heteroatoms. The standard InChI is InChI=1S/C16H16N2O/c1-13-6-2-4-8-15(13)18-12-14-7-3-5-9-16(14)19-11-10-17/h2-9,18H,11-12H2,1H3. The Hall–Kier alpha value is -2.47. The van der Waals surface area contributed by atoms with Crippen molar-refractivity contribution in [3.05, 3.63) is 59.7 Å². The molecular formula is C16H16N2O. The Bertz CT molecular complexity index is 587. The van der Waals surface area contributed by atoms with Crippen molar-refractivity contribution >= 4 is 5.69 Å². The summed E-state index contributed by atoms with van der Waals surface area (Å²) in [6.07, 6.45) is 0. The molecule has 0 aromatic heterocycles. The molecule has 0 amide bonds. The van der Waals surface area contributed by atoms with E-state index in [0.717, 1.165) is 17.0 Å². The van der Waals surface area contributed by atoms with Crippen LogP contribution in [0.1, 0.15) is 11.1 Å². The van der Waals surface area contributed by atoms with E-state index in [1.807, 2.05) is 48.5 Å². The van der Waals surface area contributed by atoms with Gasteiger partial charge in [0.2, 0.25) is 0 Å². The van der Waals surface area contributed by atoms with Gasteiger partial charge in [0.15, 0.2) is 6.61 Å². The molecule has 0 radical (unpaired) electrons. The van der Waals surface area contributed by atoms with Gasteiger partial charge in [0, 0.05) is 17.8 Å². The van der Waals surface area contributed by atoms with Crippen molar-refractivity contribution in [1.82, 2.24) is 0 Å². The fourth-order valence-corrected chi connectivity index (χ4v) is 1.86. The van der Waals surface area contributed by atoms with Gasteiger partial charge in [-0.3, -0.25) is 0 Å². The molecule has 3 nitrogen and oxygen atoms in total. The lowest BCUT2D eigenvalue weighted by molar-refractivity contribution is 0.364. The third kappa shape index (κ3) is 3.49. The van der Waals surface area contributed by atoms with Gasteiger partial charge in [-0.25, -0.2) is 0 Å². The molecule has 2 rings (SSSR count). The number of nitrogens with zero attached hydrogens (tertiary/aromatic N) is 1. The van der Waals surface area contributed by atoms with Gasteiger partial charge in [0.25, 0.3) is 0 Å². The second-order valence-electron chi connectivity index (χ2n) is 4.22. The molecule has 0 aliphatic rings. The summed E-state index contributed by atoms with van der Waals surface area (Å²) in [4.78, 5) is 0. The summed E-state index contributed by atoms with van der Waals surface area (Å²) < 4.78 is 5.40. The third-order valence-electron chi connectivity index (χ3n) is 2.88. The van der Waals surface area contributed by atoms with Gasteiger partial charge in [-0.2, -0.15) is 5.26 Å². The lowest BCUT2D eigenvalue weighted by Gasteiger charge is -2.12. The van der Waals surface area contributed by atoms with Crippen LogP contribution in [0, 0.1) is 18.3 Å². The summed E-state index contributed by atoms with van der Waals surface area (Å²) in [7, 11) is 0. The molecule has 0 atom stereocenters. The molecule has 2 aromatic rings. The molecule has 0 aliphatic carbocycles.